The summed E-state index contributed by atoms with van der Waals surface area (Å²) in [6, 6.07) is 40.5. The van der Waals surface area contributed by atoms with E-state index in [1.54, 1.807) is 22.7 Å². The first-order valence-electron chi connectivity index (χ1n) is 14.0. The Kier molecular flexibility index (Phi) is 7.70. The lowest BCUT2D eigenvalue weighted by atomic mass is 10.3. The number of hydrogen-bond acceptors (Lipinski definition) is 9. The van der Waals surface area contributed by atoms with Gasteiger partial charge >= 0.3 is 0 Å². The van der Waals surface area contributed by atoms with E-state index in [9.17, 15) is 0 Å². The molecule has 0 amide bonds. The van der Waals surface area contributed by atoms with Crippen LogP contribution in [0, 0.1) is 0 Å². The van der Waals surface area contributed by atoms with E-state index in [0.29, 0.717) is 0 Å². The van der Waals surface area contributed by atoms with E-state index in [2.05, 4.69) is 120 Å². The molecule has 45 heavy (non-hydrogen) atoms. The van der Waals surface area contributed by atoms with Gasteiger partial charge in [-0.15, -0.1) is 102 Å². The maximum atomic E-state index is 2.29. The average molecular weight is 741 g/mol. The van der Waals surface area contributed by atoms with Crippen LogP contribution in [0.2, 0.25) is 0 Å². The molecule has 0 atom stereocenters. The molecule has 0 N–H and O–H groups in total. The highest BCUT2D eigenvalue weighted by molar-refractivity contribution is 7.31. The van der Waals surface area contributed by atoms with Crippen LogP contribution in [0.3, 0.4) is 0 Å². The Bertz CT molecular complexity index is 2170. The lowest BCUT2D eigenvalue weighted by molar-refractivity contribution is 1.89. The summed E-state index contributed by atoms with van der Waals surface area (Å²) in [6.07, 6.45) is 0. The molecule has 9 rings (SSSR count). The Labute approximate surface area is 297 Å². The molecule has 0 nitrogen and oxygen atoms in total. The lowest BCUT2D eigenvalue weighted by Crippen LogP contribution is -1.59. The lowest BCUT2D eigenvalue weighted by Gasteiger charge is -1.93. The number of rotatable bonds is 8. The van der Waals surface area contributed by atoms with Crippen molar-refractivity contribution in [3.63, 3.8) is 0 Å². The number of thiophene rings is 9. The molecular weight excluding hydrogens is 721 g/mol. The van der Waals surface area contributed by atoms with Gasteiger partial charge in [-0.3, -0.25) is 0 Å². The minimum absolute atomic E-state index is 1.34. The molecule has 0 aliphatic heterocycles. The van der Waals surface area contributed by atoms with Crippen molar-refractivity contribution in [1.82, 2.24) is 0 Å². The maximum Gasteiger partial charge on any atom is 0.0449 e. The second kappa shape index (κ2) is 12.2. The van der Waals surface area contributed by atoms with Crippen LogP contribution in [0.25, 0.3) is 78.0 Å². The molecule has 0 fully saturated rings. The average Bonchev–Trinajstić information content (AvgIpc) is 3.94. The highest BCUT2D eigenvalue weighted by Crippen LogP contribution is 2.47. The summed E-state index contributed by atoms with van der Waals surface area (Å²) in [5, 5.41) is 4.30. The minimum atomic E-state index is 1.34. The van der Waals surface area contributed by atoms with Crippen LogP contribution in [0.4, 0.5) is 0 Å². The molecule has 0 aliphatic rings. The van der Waals surface area contributed by atoms with Gasteiger partial charge in [-0.05, 0) is 108 Å². The molecular formula is C36H20S9. The highest BCUT2D eigenvalue weighted by Gasteiger charge is 2.15. The van der Waals surface area contributed by atoms with Gasteiger partial charge in [0.1, 0.15) is 0 Å². The zero-order valence-electron chi connectivity index (χ0n) is 23.2. The Hall–Kier alpha value is -2.70. The van der Waals surface area contributed by atoms with Crippen LogP contribution < -0.4 is 0 Å². The van der Waals surface area contributed by atoms with Crippen molar-refractivity contribution in [2.45, 2.75) is 0 Å². The third-order valence-electron chi connectivity index (χ3n) is 7.23. The quantitative estimate of drug-likeness (QED) is 0.146. The maximum absolute atomic E-state index is 2.29. The van der Waals surface area contributed by atoms with Gasteiger partial charge in [-0.2, -0.15) is 0 Å². The van der Waals surface area contributed by atoms with Gasteiger partial charge in [-0.25, -0.2) is 0 Å². The van der Waals surface area contributed by atoms with Gasteiger partial charge in [0, 0.05) is 78.0 Å². The molecule has 218 valence electrons. The van der Waals surface area contributed by atoms with Gasteiger partial charge in [0.25, 0.3) is 0 Å². The monoisotopic (exact) mass is 740 g/mol. The molecule has 0 bridgehead atoms. The first-order chi connectivity index (χ1) is 22.2. The minimum Gasteiger partial charge on any atom is -0.143 e. The molecule has 0 spiro atoms. The SMILES string of the molecule is c1csc(-c2ccc(-c3ccc(-c4ccc(-c5ccc(-c6ccc(-c7ccc(-c8ccc(-c9cccs9)s8)s7)s6)s5)s4)s3)s2)c1. The fourth-order valence-corrected chi connectivity index (χ4v) is 14.3. The summed E-state index contributed by atoms with van der Waals surface area (Å²) >= 11 is 16.9. The largest absolute Gasteiger partial charge is 0.143 e. The molecule has 9 heterocycles. The predicted octanol–water partition coefficient (Wildman–Crippen LogP) is 15.6. The van der Waals surface area contributed by atoms with E-state index in [4.69, 9.17) is 0 Å². The van der Waals surface area contributed by atoms with Crippen molar-refractivity contribution in [2.24, 2.45) is 0 Å². The predicted molar refractivity (Wildman–Crippen MR) is 211 cm³/mol. The van der Waals surface area contributed by atoms with Crippen molar-refractivity contribution in [3.8, 4) is 78.0 Å². The van der Waals surface area contributed by atoms with E-state index in [0.717, 1.165) is 0 Å². The summed E-state index contributed by atoms with van der Waals surface area (Å²) in [5.74, 6) is 0. The summed E-state index contributed by atoms with van der Waals surface area (Å²) in [4.78, 5) is 21.5. The second-order valence-corrected chi connectivity index (χ2v) is 19.6. The molecule has 0 radical (unpaired) electrons. The molecule has 0 saturated carbocycles. The van der Waals surface area contributed by atoms with Crippen LogP contribution in [-0.4, -0.2) is 0 Å². The topological polar surface area (TPSA) is 0 Å². The molecule has 9 aromatic rings. The Morgan fingerprint density at radius 2 is 0.378 bits per heavy atom. The molecule has 9 heteroatoms. The number of hydrogen-bond donors (Lipinski definition) is 0. The smallest absolute Gasteiger partial charge is 0.0449 e. The molecule has 0 unspecified atom stereocenters. The summed E-state index contributed by atoms with van der Waals surface area (Å²) in [5.41, 5.74) is 0. The first-order valence-corrected chi connectivity index (χ1v) is 21.5. The standard InChI is InChI=1S/C36H20S9/c1-3-21(37-19-1)23-5-7-25(39-23)27-9-11-29(41-27)31-13-15-33(43-31)35-17-18-36(45-35)34-16-14-32(44-34)30-12-10-28(42-30)26-8-6-24(40-26)22-4-2-20-38-22/h1-20H. The van der Waals surface area contributed by atoms with Crippen molar-refractivity contribution < 1.29 is 0 Å². The van der Waals surface area contributed by atoms with E-state index in [-0.39, 0.29) is 0 Å². The Balaban J connectivity index is 0.908. The Morgan fingerprint density at radius 3 is 0.533 bits per heavy atom. The van der Waals surface area contributed by atoms with Gasteiger partial charge in [0.2, 0.25) is 0 Å². The summed E-state index contributed by atoms with van der Waals surface area (Å²) in [7, 11) is 0. The van der Waals surface area contributed by atoms with Gasteiger partial charge in [0.05, 0.1) is 0 Å². The van der Waals surface area contributed by atoms with Crippen molar-refractivity contribution >= 4 is 102 Å². The third kappa shape index (κ3) is 5.65. The van der Waals surface area contributed by atoms with Crippen LogP contribution in [0.1, 0.15) is 0 Å². The van der Waals surface area contributed by atoms with E-state index in [1.165, 1.54) is 78.0 Å². The molecule has 9 aromatic heterocycles. The van der Waals surface area contributed by atoms with Crippen LogP contribution in [0.5, 0.6) is 0 Å². The summed E-state index contributed by atoms with van der Waals surface area (Å²) < 4.78 is 0. The van der Waals surface area contributed by atoms with E-state index < -0.39 is 0 Å². The van der Waals surface area contributed by atoms with Crippen LogP contribution in [0.15, 0.2) is 120 Å². The fraction of sp³-hybridized carbons (Fsp3) is 0. The van der Waals surface area contributed by atoms with Gasteiger partial charge < -0.3 is 0 Å². The van der Waals surface area contributed by atoms with E-state index in [1.807, 2.05) is 79.4 Å². The summed E-state index contributed by atoms with van der Waals surface area (Å²) in [6.45, 7) is 0. The molecule has 0 aliphatic carbocycles. The van der Waals surface area contributed by atoms with Gasteiger partial charge in [-0.1, -0.05) is 12.1 Å². The first kappa shape index (κ1) is 28.5. The normalized spacial score (nSPS) is 11.6. The van der Waals surface area contributed by atoms with E-state index >= 15 is 0 Å². The third-order valence-corrected chi connectivity index (χ3v) is 18.1. The zero-order valence-corrected chi connectivity index (χ0v) is 30.6. The molecule has 0 saturated heterocycles. The fourth-order valence-electron chi connectivity index (χ4n) is 5.06. The highest BCUT2D eigenvalue weighted by atomic mass is 32.1. The van der Waals surface area contributed by atoms with Crippen molar-refractivity contribution in [2.75, 3.05) is 0 Å². The van der Waals surface area contributed by atoms with Crippen LogP contribution in [-0.2, 0) is 0 Å². The van der Waals surface area contributed by atoms with Crippen LogP contribution >= 0.6 is 102 Å². The van der Waals surface area contributed by atoms with Gasteiger partial charge in [0.15, 0.2) is 0 Å². The Morgan fingerprint density at radius 1 is 0.200 bits per heavy atom. The second-order valence-electron chi connectivity index (χ2n) is 10.1. The van der Waals surface area contributed by atoms with Crippen molar-refractivity contribution in [3.05, 3.63) is 120 Å². The molecule has 0 aromatic carbocycles. The zero-order chi connectivity index (χ0) is 29.7. The van der Waals surface area contributed by atoms with Crippen molar-refractivity contribution in [1.29, 1.82) is 0 Å².